The van der Waals surface area contributed by atoms with Crippen LogP contribution in [0.4, 0.5) is 0 Å². The molecule has 1 spiro atoms. The first kappa shape index (κ1) is 11.3. The number of aliphatic hydroxyl groups excluding tert-OH is 1. The molecular formula is C11H20O4. The largest absolute Gasteiger partial charge is 0.368 e. The van der Waals surface area contributed by atoms with Crippen molar-refractivity contribution in [2.75, 3.05) is 13.2 Å². The van der Waals surface area contributed by atoms with Crippen LogP contribution in [0.15, 0.2) is 0 Å². The Morgan fingerprint density at radius 1 is 1.20 bits per heavy atom. The second-order valence-electron chi connectivity index (χ2n) is 5.57. The fourth-order valence-corrected chi connectivity index (χ4v) is 2.26. The van der Waals surface area contributed by atoms with E-state index >= 15 is 0 Å². The molecule has 2 fully saturated rings. The zero-order chi connectivity index (χ0) is 11.1. The van der Waals surface area contributed by atoms with Crippen molar-refractivity contribution in [3.05, 3.63) is 0 Å². The van der Waals surface area contributed by atoms with Crippen LogP contribution in [-0.2, 0) is 9.47 Å². The molecule has 0 aromatic heterocycles. The van der Waals surface area contributed by atoms with Gasteiger partial charge in [0.2, 0.25) is 0 Å². The topological polar surface area (TPSA) is 58.9 Å². The summed E-state index contributed by atoms with van der Waals surface area (Å²) in [5.41, 5.74) is 0.0706. The van der Waals surface area contributed by atoms with Gasteiger partial charge in [-0.25, -0.2) is 0 Å². The molecule has 0 bridgehead atoms. The van der Waals surface area contributed by atoms with Crippen LogP contribution in [0, 0.1) is 11.3 Å². The molecule has 2 aliphatic rings. The standard InChI is InChI=1S/C11H20O4/c1-10(2)6-14-11(15-7-10)4-3-8(5-11)9(12)13/h8-9,12-13H,3-7H2,1-2H3. The minimum absolute atomic E-state index is 0.0706. The Hall–Kier alpha value is -0.160. The molecule has 1 aliphatic heterocycles. The van der Waals surface area contributed by atoms with Gasteiger partial charge in [0.05, 0.1) is 13.2 Å². The minimum atomic E-state index is -1.24. The Morgan fingerprint density at radius 2 is 1.80 bits per heavy atom. The highest BCUT2D eigenvalue weighted by Crippen LogP contribution is 2.43. The van der Waals surface area contributed by atoms with Gasteiger partial charge < -0.3 is 19.7 Å². The molecule has 0 radical (unpaired) electrons. The van der Waals surface area contributed by atoms with E-state index in [1.807, 2.05) is 0 Å². The average Bonchev–Trinajstić information content (AvgIpc) is 2.56. The van der Waals surface area contributed by atoms with E-state index in [4.69, 9.17) is 19.7 Å². The first-order chi connectivity index (χ1) is 6.93. The Morgan fingerprint density at radius 3 is 2.27 bits per heavy atom. The SMILES string of the molecule is CC1(C)COC2(CCC(C(O)O)C2)OC1. The Labute approximate surface area is 90.2 Å². The second-order valence-corrected chi connectivity index (χ2v) is 5.57. The molecule has 4 nitrogen and oxygen atoms in total. The highest BCUT2D eigenvalue weighted by molar-refractivity contribution is 4.88. The summed E-state index contributed by atoms with van der Waals surface area (Å²) in [4.78, 5) is 0. The molecule has 0 amide bonds. The lowest BCUT2D eigenvalue weighted by Crippen LogP contribution is -2.46. The van der Waals surface area contributed by atoms with Crippen molar-refractivity contribution in [1.82, 2.24) is 0 Å². The first-order valence-electron chi connectivity index (χ1n) is 5.57. The summed E-state index contributed by atoms with van der Waals surface area (Å²) >= 11 is 0. The van der Waals surface area contributed by atoms with Gasteiger partial charge >= 0.3 is 0 Å². The highest BCUT2D eigenvalue weighted by Gasteiger charge is 2.47. The van der Waals surface area contributed by atoms with Crippen LogP contribution in [0.5, 0.6) is 0 Å². The third kappa shape index (κ3) is 2.33. The molecule has 88 valence electrons. The van der Waals surface area contributed by atoms with Crippen LogP contribution >= 0.6 is 0 Å². The summed E-state index contributed by atoms with van der Waals surface area (Å²) in [5, 5.41) is 18.2. The van der Waals surface area contributed by atoms with Crippen LogP contribution in [-0.4, -0.2) is 35.5 Å². The molecule has 0 aromatic rings. The van der Waals surface area contributed by atoms with E-state index in [0.29, 0.717) is 19.6 Å². The molecule has 1 heterocycles. The predicted molar refractivity (Wildman–Crippen MR) is 54.0 cm³/mol. The zero-order valence-electron chi connectivity index (χ0n) is 9.40. The Balaban J connectivity index is 1.95. The lowest BCUT2D eigenvalue weighted by Gasteiger charge is -2.41. The molecule has 1 unspecified atom stereocenters. The van der Waals surface area contributed by atoms with Crippen molar-refractivity contribution in [1.29, 1.82) is 0 Å². The summed E-state index contributed by atoms with van der Waals surface area (Å²) in [6.07, 6.45) is 0.885. The number of ether oxygens (including phenoxy) is 2. The van der Waals surface area contributed by atoms with E-state index in [9.17, 15) is 0 Å². The maximum Gasteiger partial charge on any atom is 0.168 e. The average molecular weight is 216 g/mol. The van der Waals surface area contributed by atoms with E-state index < -0.39 is 12.1 Å². The quantitative estimate of drug-likeness (QED) is 0.638. The van der Waals surface area contributed by atoms with E-state index in [1.54, 1.807) is 0 Å². The van der Waals surface area contributed by atoms with Gasteiger partial charge in [-0.2, -0.15) is 0 Å². The molecule has 0 aromatic carbocycles. The van der Waals surface area contributed by atoms with E-state index in [-0.39, 0.29) is 11.3 Å². The molecular weight excluding hydrogens is 196 g/mol. The van der Waals surface area contributed by atoms with Gasteiger partial charge in [-0.05, 0) is 6.42 Å². The van der Waals surface area contributed by atoms with Gasteiger partial charge in [0.1, 0.15) is 0 Å². The fraction of sp³-hybridized carbons (Fsp3) is 1.00. The lowest BCUT2D eigenvalue weighted by atomic mass is 9.94. The van der Waals surface area contributed by atoms with Gasteiger partial charge in [0, 0.05) is 24.2 Å². The minimum Gasteiger partial charge on any atom is -0.368 e. The molecule has 2 rings (SSSR count). The fourth-order valence-electron chi connectivity index (χ4n) is 2.26. The number of rotatable bonds is 1. The van der Waals surface area contributed by atoms with E-state index in [2.05, 4.69) is 13.8 Å². The van der Waals surface area contributed by atoms with E-state index in [1.165, 1.54) is 0 Å². The summed E-state index contributed by atoms with van der Waals surface area (Å²) < 4.78 is 11.6. The van der Waals surface area contributed by atoms with Crippen molar-refractivity contribution in [2.45, 2.75) is 45.2 Å². The van der Waals surface area contributed by atoms with Gasteiger partial charge in [-0.3, -0.25) is 0 Å². The summed E-state index contributed by atoms with van der Waals surface area (Å²) in [6, 6.07) is 0. The lowest BCUT2D eigenvalue weighted by molar-refractivity contribution is -0.298. The zero-order valence-corrected chi connectivity index (χ0v) is 9.40. The number of hydrogen-bond donors (Lipinski definition) is 2. The van der Waals surface area contributed by atoms with Crippen molar-refractivity contribution in [2.24, 2.45) is 11.3 Å². The van der Waals surface area contributed by atoms with Crippen LogP contribution in [0.1, 0.15) is 33.1 Å². The van der Waals surface area contributed by atoms with Crippen molar-refractivity contribution < 1.29 is 19.7 Å². The van der Waals surface area contributed by atoms with Crippen molar-refractivity contribution in [3.63, 3.8) is 0 Å². The van der Waals surface area contributed by atoms with Gasteiger partial charge in [-0.15, -0.1) is 0 Å². The Bertz CT molecular complexity index is 227. The maximum atomic E-state index is 9.11. The Kier molecular flexibility index (Phi) is 2.79. The number of hydrogen-bond acceptors (Lipinski definition) is 4. The van der Waals surface area contributed by atoms with Gasteiger partial charge in [-0.1, -0.05) is 13.8 Å². The second kappa shape index (κ2) is 3.70. The molecule has 1 saturated carbocycles. The number of aliphatic hydroxyl groups is 2. The van der Waals surface area contributed by atoms with Crippen molar-refractivity contribution in [3.8, 4) is 0 Å². The van der Waals surface area contributed by atoms with Crippen LogP contribution in [0.3, 0.4) is 0 Å². The molecule has 15 heavy (non-hydrogen) atoms. The van der Waals surface area contributed by atoms with Crippen LogP contribution < -0.4 is 0 Å². The summed E-state index contributed by atoms with van der Waals surface area (Å²) in [5.74, 6) is -0.643. The molecule has 1 atom stereocenters. The summed E-state index contributed by atoms with van der Waals surface area (Å²) in [7, 11) is 0. The summed E-state index contributed by atoms with van der Waals surface area (Å²) in [6.45, 7) is 5.57. The van der Waals surface area contributed by atoms with Gasteiger partial charge in [0.25, 0.3) is 0 Å². The maximum absolute atomic E-state index is 9.11. The predicted octanol–water partition coefficient (Wildman–Crippen LogP) is 0.867. The monoisotopic (exact) mass is 216 g/mol. The third-order valence-electron chi connectivity index (χ3n) is 3.34. The normalized spacial score (nSPS) is 33.8. The highest BCUT2D eigenvalue weighted by atomic mass is 16.7. The van der Waals surface area contributed by atoms with Crippen LogP contribution in [0.2, 0.25) is 0 Å². The van der Waals surface area contributed by atoms with Crippen LogP contribution in [0.25, 0.3) is 0 Å². The third-order valence-corrected chi connectivity index (χ3v) is 3.34. The molecule has 2 N–H and O–H groups in total. The van der Waals surface area contributed by atoms with Gasteiger partial charge in [0.15, 0.2) is 12.1 Å². The first-order valence-corrected chi connectivity index (χ1v) is 5.57. The molecule has 1 saturated heterocycles. The van der Waals surface area contributed by atoms with E-state index in [0.717, 1.165) is 12.8 Å². The van der Waals surface area contributed by atoms with Crippen molar-refractivity contribution >= 4 is 0 Å². The molecule has 1 aliphatic carbocycles. The smallest absolute Gasteiger partial charge is 0.168 e. The molecule has 4 heteroatoms.